The highest BCUT2D eigenvalue weighted by Gasteiger charge is 2.35. The van der Waals surface area contributed by atoms with E-state index < -0.39 is 6.09 Å². The first kappa shape index (κ1) is 20.8. The van der Waals surface area contributed by atoms with Crippen LogP contribution in [0.5, 0.6) is 5.75 Å². The highest BCUT2D eigenvalue weighted by atomic mass is 35.5. The summed E-state index contributed by atoms with van der Waals surface area (Å²) in [5.74, 6) is 0.428. The Balaban J connectivity index is 1.57. The van der Waals surface area contributed by atoms with E-state index in [2.05, 4.69) is 4.98 Å². The topological polar surface area (TPSA) is 82.2 Å². The number of H-pyrrole nitrogens is 1. The Hall–Kier alpha value is -3.03. The number of nitrogens with one attached hydrogen (secondary N) is 1. The number of hydrogen-bond donors (Lipinski definition) is 3. The van der Waals surface area contributed by atoms with Gasteiger partial charge in [-0.05, 0) is 60.0 Å². The maximum Gasteiger partial charge on any atom is 0.416 e. The van der Waals surface area contributed by atoms with Gasteiger partial charge in [-0.15, -0.1) is 0 Å². The number of hydrogen-bond acceptors (Lipinski definition) is 3. The highest BCUT2D eigenvalue weighted by Crippen LogP contribution is 2.39. The van der Waals surface area contributed by atoms with Gasteiger partial charge in [0.15, 0.2) is 5.69 Å². The Bertz CT molecular complexity index is 1290. The van der Waals surface area contributed by atoms with Crippen LogP contribution in [0.1, 0.15) is 22.9 Å². The fourth-order valence-electron chi connectivity index (χ4n) is 4.23. The number of aromatic amines is 1. The Morgan fingerprint density at radius 1 is 1.03 bits per heavy atom. The number of carbonyl (C=O) groups excluding carboxylic acids is 1. The third kappa shape index (κ3) is 3.82. The van der Waals surface area contributed by atoms with Gasteiger partial charge in [0.1, 0.15) is 11.8 Å². The van der Waals surface area contributed by atoms with Gasteiger partial charge in [0.2, 0.25) is 0 Å². The number of quaternary nitrogens is 1. The molecule has 0 bridgehead atoms. The first-order valence-electron chi connectivity index (χ1n) is 10.1. The second kappa shape index (κ2) is 8.48. The largest absolute Gasteiger partial charge is 0.416 e. The molecule has 6 nitrogen and oxygen atoms in total. The number of carbonyl (C=O) groups is 1. The van der Waals surface area contributed by atoms with E-state index >= 15 is 0 Å². The number of nitrogens with two attached hydrogens (primary N) is 1. The van der Waals surface area contributed by atoms with Crippen molar-refractivity contribution in [3.05, 3.63) is 93.6 Å². The Kier molecular flexibility index (Phi) is 5.53. The van der Waals surface area contributed by atoms with E-state index in [1.165, 1.54) is 0 Å². The minimum absolute atomic E-state index is 0.377. The second-order valence-electron chi connectivity index (χ2n) is 7.67. The lowest BCUT2D eigenvalue weighted by molar-refractivity contribution is -0.825. The Morgan fingerprint density at radius 3 is 2.47 bits per heavy atom. The van der Waals surface area contributed by atoms with E-state index in [-0.39, 0.29) is 6.04 Å². The van der Waals surface area contributed by atoms with Crippen LogP contribution in [0.25, 0.3) is 10.9 Å². The summed E-state index contributed by atoms with van der Waals surface area (Å²) in [6, 6.07) is 19.5. The summed E-state index contributed by atoms with van der Waals surface area (Å²) in [6.07, 6.45) is 0.224. The van der Waals surface area contributed by atoms with E-state index in [1.54, 1.807) is 29.2 Å². The molecule has 0 saturated carbocycles. The summed E-state index contributed by atoms with van der Waals surface area (Å²) < 4.78 is 5.66. The number of aromatic nitrogens is 1. The molecule has 1 atom stereocenters. The molecule has 4 aromatic rings. The van der Waals surface area contributed by atoms with Crippen LogP contribution < -0.4 is 10.2 Å². The lowest BCUT2D eigenvalue weighted by Gasteiger charge is -2.35. The zero-order chi connectivity index (χ0) is 22.2. The van der Waals surface area contributed by atoms with Crippen LogP contribution in [0.2, 0.25) is 10.0 Å². The van der Waals surface area contributed by atoms with Crippen molar-refractivity contribution < 1.29 is 20.2 Å². The number of amides is 1. The molecular weight excluding hydrogens is 449 g/mol. The van der Waals surface area contributed by atoms with Crippen LogP contribution in [0.3, 0.4) is 0 Å². The summed E-state index contributed by atoms with van der Waals surface area (Å²) in [5.41, 5.74) is 5.68. The van der Waals surface area contributed by atoms with Gasteiger partial charge in [-0.1, -0.05) is 35.3 Å². The number of benzene rings is 3. The zero-order valence-corrected chi connectivity index (χ0v) is 18.4. The third-order valence-electron chi connectivity index (χ3n) is 5.74. The van der Waals surface area contributed by atoms with Crippen molar-refractivity contribution in [1.29, 1.82) is 0 Å². The molecule has 1 amide bonds. The van der Waals surface area contributed by atoms with Crippen molar-refractivity contribution in [1.82, 2.24) is 9.88 Å². The van der Waals surface area contributed by atoms with Crippen molar-refractivity contribution in [2.24, 2.45) is 0 Å². The second-order valence-corrected chi connectivity index (χ2v) is 8.54. The smallest absolute Gasteiger partial charge is 0.410 e. The zero-order valence-electron chi connectivity index (χ0n) is 16.9. The predicted molar refractivity (Wildman–Crippen MR) is 123 cm³/mol. The molecule has 32 heavy (non-hydrogen) atoms. The number of nitrogens with zero attached hydrogens (tertiary/aromatic N) is 1. The molecule has 162 valence electrons. The van der Waals surface area contributed by atoms with E-state index in [1.807, 2.05) is 42.5 Å². The molecule has 0 spiro atoms. The third-order valence-corrected chi connectivity index (χ3v) is 6.23. The van der Waals surface area contributed by atoms with Gasteiger partial charge in [-0.25, -0.2) is 10.0 Å². The van der Waals surface area contributed by atoms with Crippen LogP contribution in [-0.4, -0.2) is 27.7 Å². The van der Waals surface area contributed by atoms with E-state index in [0.717, 1.165) is 33.2 Å². The van der Waals surface area contributed by atoms with E-state index in [9.17, 15) is 10.0 Å². The standard InChI is InChI=1S/C24H19Cl2N3O3/c25-15-3-8-18(9-4-15)32-24(30)29-12-11-19-20-13-16(26)5-10-21(20)27-22(19)23(29)14-1-6-17(28-31)7-2-14/h1-10,13,23,27-28,31H,11-12H2/p+1. The van der Waals surface area contributed by atoms with Crippen molar-refractivity contribution >= 4 is 45.9 Å². The van der Waals surface area contributed by atoms with Crippen molar-refractivity contribution in [2.75, 3.05) is 6.54 Å². The van der Waals surface area contributed by atoms with E-state index in [4.69, 9.17) is 27.9 Å². The molecule has 4 N–H and O–H groups in total. The van der Waals surface area contributed by atoms with Gasteiger partial charge < -0.3 is 9.72 Å². The normalized spacial score (nSPS) is 15.6. The van der Waals surface area contributed by atoms with E-state index in [0.29, 0.717) is 34.4 Å². The average Bonchev–Trinajstić information content (AvgIpc) is 3.18. The molecule has 1 aliphatic rings. The molecule has 0 fully saturated rings. The molecule has 3 aromatic carbocycles. The molecule has 2 heterocycles. The maximum absolute atomic E-state index is 13.2. The molecule has 1 aromatic heterocycles. The fourth-order valence-corrected chi connectivity index (χ4v) is 4.53. The lowest BCUT2D eigenvalue weighted by Crippen LogP contribution is -2.73. The van der Waals surface area contributed by atoms with Gasteiger partial charge >= 0.3 is 6.09 Å². The quantitative estimate of drug-likeness (QED) is 0.285. The monoisotopic (exact) mass is 468 g/mol. The van der Waals surface area contributed by atoms with Gasteiger partial charge in [0.25, 0.3) is 0 Å². The highest BCUT2D eigenvalue weighted by molar-refractivity contribution is 6.31. The number of rotatable bonds is 3. The predicted octanol–water partition coefficient (Wildman–Crippen LogP) is 5.21. The van der Waals surface area contributed by atoms with Gasteiger partial charge in [-0.3, -0.25) is 4.90 Å². The molecule has 0 aliphatic carbocycles. The Labute approximate surface area is 194 Å². The lowest BCUT2D eigenvalue weighted by atomic mass is 9.92. The minimum Gasteiger partial charge on any atom is -0.410 e. The maximum atomic E-state index is 13.2. The molecule has 0 saturated heterocycles. The fraction of sp³-hybridized carbons (Fsp3) is 0.125. The average molecular weight is 469 g/mol. The van der Waals surface area contributed by atoms with Gasteiger partial charge in [0.05, 0.1) is 0 Å². The first-order valence-corrected chi connectivity index (χ1v) is 10.9. The van der Waals surface area contributed by atoms with Crippen molar-refractivity contribution in [3.8, 4) is 5.75 Å². The van der Waals surface area contributed by atoms with Gasteiger partial charge in [0, 0.05) is 45.3 Å². The van der Waals surface area contributed by atoms with Crippen molar-refractivity contribution in [3.63, 3.8) is 0 Å². The summed E-state index contributed by atoms with van der Waals surface area (Å²) in [7, 11) is 0. The molecule has 0 radical (unpaired) electrons. The summed E-state index contributed by atoms with van der Waals surface area (Å²) >= 11 is 12.2. The van der Waals surface area contributed by atoms with Gasteiger partial charge in [-0.2, -0.15) is 5.48 Å². The summed E-state index contributed by atoms with van der Waals surface area (Å²) in [5, 5.41) is 11.6. The molecule has 5 rings (SSSR count). The summed E-state index contributed by atoms with van der Waals surface area (Å²) in [6.45, 7) is 0.484. The van der Waals surface area contributed by atoms with Crippen LogP contribution in [0, 0.1) is 0 Å². The SMILES string of the molecule is O=C(Oc1ccc(Cl)cc1)N1CCc2c([nH]c3ccc(Cl)cc23)C1c1ccc([NH2+]O)cc1. The number of ether oxygens (including phenoxy) is 1. The Morgan fingerprint density at radius 2 is 1.75 bits per heavy atom. The van der Waals surface area contributed by atoms with Crippen LogP contribution in [-0.2, 0) is 6.42 Å². The molecule has 1 aliphatic heterocycles. The molecule has 8 heteroatoms. The molecule has 1 unspecified atom stereocenters. The van der Waals surface area contributed by atoms with Crippen LogP contribution in [0.15, 0.2) is 66.7 Å². The minimum atomic E-state index is -0.447. The molecular formula is C24H20Cl2N3O3+. The van der Waals surface area contributed by atoms with Crippen LogP contribution in [0.4, 0.5) is 10.5 Å². The van der Waals surface area contributed by atoms with Crippen molar-refractivity contribution in [2.45, 2.75) is 12.5 Å². The summed E-state index contributed by atoms with van der Waals surface area (Å²) in [4.78, 5) is 18.4. The first-order chi connectivity index (χ1) is 15.5. The van der Waals surface area contributed by atoms with Crippen LogP contribution >= 0.6 is 23.2 Å². The number of halogens is 2. The number of fused-ring (bicyclic) bond motifs is 3.